The minimum atomic E-state index is -1.53. The van der Waals surface area contributed by atoms with Gasteiger partial charge < -0.3 is 19.5 Å². The van der Waals surface area contributed by atoms with E-state index in [0.717, 1.165) is 0 Å². The second-order valence-electron chi connectivity index (χ2n) is 6.53. The summed E-state index contributed by atoms with van der Waals surface area (Å²) in [6, 6.07) is 5.78. The number of hydrogen-bond acceptors (Lipinski definition) is 8. The standard InChI is InChI=1S/C18H20N2O7/c1-5-26-16(22)18-14(11-7-6-8-12(9-11)20(23)24)13(15(21)25-4)10(2)19-17(18,3)27-18/h6-9,14,19H,5H2,1-4H3. The number of fused-ring (bicyclic) bond motifs is 1. The third kappa shape index (κ3) is 2.66. The van der Waals surface area contributed by atoms with Gasteiger partial charge in [0, 0.05) is 17.8 Å². The van der Waals surface area contributed by atoms with Crippen molar-refractivity contribution in [2.45, 2.75) is 38.0 Å². The van der Waals surface area contributed by atoms with Gasteiger partial charge >= 0.3 is 11.9 Å². The molecule has 1 aromatic rings. The van der Waals surface area contributed by atoms with Crippen molar-refractivity contribution in [2.24, 2.45) is 0 Å². The van der Waals surface area contributed by atoms with E-state index in [0.29, 0.717) is 11.3 Å². The molecule has 3 unspecified atom stereocenters. The topological polar surface area (TPSA) is 120 Å². The molecule has 0 aromatic heterocycles. The van der Waals surface area contributed by atoms with Gasteiger partial charge in [-0.1, -0.05) is 12.1 Å². The average molecular weight is 376 g/mol. The Morgan fingerprint density at radius 2 is 2.11 bits per heavy atom. The largest absolute Gasteiger partial charge is 0.466 e. The number of non-ortho nitro benzene ring substituents is 1. The third-order valence-corrected chi connectivity index (χ3v) is 4.96. The number of methoxy groups -OCH3 is 1. The number of ether oxygens (including phenoxy) is 3. The SMILES string of the molecule is CCOC(=O)C12OC1(C)NC(C)=C(C(=O)OC)C2c1cccc([N+](=O)[O-])c1. The molecule has 0 amide bonds. The molecule has 27 heavy (non-hydrogen) atoms. The fourth-order valence-electron chi connectivity index (χ4n) is 3.79. The van der Waals surface area contributed by atoms with Crippen LogP contribution in [0.25, 0.3) is 0 Å². The maximum absolute atomic E-state index is 12.8. The van der Waals surface area contributed by atoms with Gasteiger partial charge in [0.1, 0.15) is 0 Å². The van der Waals surface area contributed by atoms with Crippen LogP contribution in [0.3, 0.4) is 0 Å². The molecular weight excluding hydrogens is 356 g/mol. The Hall–Kier alpha value is -2.94. The summed E-state index contributed by atoms with van der Waals surface area (Å²) in [4.78, 5) is 36.0. The van der Waals surface area contributed by atoms with Crippen molar-refractivity contribution in [1.82, 2.24) is 5.32 Å². The van der Waals surface area contributed by atoms with Crippen molar-refractivity contribution >= 4 is 17.6 Å². The summed E-state index contributed by atoms with van der Waals surface area (Å²) in [5, 5.41) is 14.2. The molecule has 144 valence electrons. The monoisotopic (exact) mass is 376 g/mol. The first-order valence-electron chi connectivity index (χ1n) is 8.40. The molecule has 3 rings (SSSR count). The van der Waals surface area contributed by atoms with E-state index in [2.05, 4.69) is 5.32 Å². The molecule has 0 bridgehead atoms. The number of rotatable bonds is 5. The van der Waals surface area contributed by atoms with E-state index in [1.807, 2.05) is 0 Å². The summed E-state index contributed by atoms with van der Waals surface area (Å²) < 4.78 is 15.9. The van der Waals surface area contributed by atoms with Crippen LogP contribution in [0.1, 0.15) is 32.3 Å². The number of esters is 2. The molecule has 1 fully saturated rings. The minimum absolute atomic E-state index is 0.123. The molecule has 9 heteroatoms. The number of hydrogen-bond donors (Lipinski definition) is 1. The Labute approximate surface area is 155 Å². The zero-order chi connectivity index (χ0) is 20.0. The molecule has 1 aromatic carbocycles. The lowest BCUT2D eigenvalue weighted by Gasteiger charge is -2.33. The highest BCUT2D eigenvalue weighted by Crippen LogP contribution is 2.61. The van der Waals surface area contributed by atoms with E-state index in [1.54, 1.807) is 26.8 Å². The fourth-order valence-corrected chi connectivity index (χ4v) is 3.79. The summed E-state index contributed by atoms with van der Waals surface area (Å²) >= 11 is 0. The lowest BCUT2D eigenvalue weighted by molar-refractivity contribution is -0.384. The quantitative estimate of drug-likeness (QED) is 0.357. The van der Waals surface area contributed by atoms with Gasteiger partial charge in [0.2, 0.25) is 5.60 Å². The van der Waals surface area contributed by atoms with Crippen molar-refractivity contribution in [1.29, 1.82) is 0 Å². The Kier molecular flexibility index (Phi) is 4.43. The Bertz CT molecular complexity index is 865. The van der Waals surface area contributed by atoms with E-state index in [9.17, 15) is 19.7 Å². The summed E-state index contributed by atoms with van der Waals surface area (Å²) in [7, 11) is 1.23. The van der Waals surface area contributed by atoms with Crippen LogP contribution in [0.15, 0.2) is 35.5 Å². The normalized spacial score (nSPS) is 28.7. The number of allylic oxidation sites excluding steroid dienone is 1. The highest BCUT2D eigenvalue weighted by Gasteiger charge is 2.80. The molecule has 2 heterocycles. The van der Waals surface area contributed by atoms with E-state index >= 15 is 0 Å². The molecule has 1 saturated heterocycles. The number of nitrogens with zero attached hydrogens (tertiary/aromatic N) is 1. The number of nitrogens with one attached hydrogen (secondary N) is 1. The minimum Gasteiger partial charge on any atom is -0.466 e. The van der Waals surface area contributed by atoms with Crippen molar-refractivity contribution < 1.29 is 28.7 Å². The zero-order valence-electron chi connectivity index (χ0n) is 15.4. The van der Waals surface area contributed by atoms with Crippen LogP contribution in [-0.2, 0) is 23.8 Å². The van der Waals surface area contributed by atoms with Gasteiger partial charge in [0.15, 0.2) is 5.72 Å². The molecule has 0 aliphatic carbocycles. The van der Waals surface area contributed by atoms with E-state index in [-0.39, 0.29) is 17.9 Å². The van der Waals surface area contributed by atoms with Crippen molar-refractivity contribution in [2.75, 3.05) is 13.7 Å². The van der Waals surface area contributed by atoms with Crippen LogP contribution in [0.2, 0.25) is 0 Å². The predicted molar refractivity (Wildman–Crippen MR) is 92.5 cm³/mol. The number of nitro groups is 1. The van der Waals surface area contributed by atoms with E-state index in [4.69, 9.17) is 14.2 Å². The zero-order valence-corrected chi connectivity index (χ0v) is 15.4. The smallest absolute Gasteiger partial charge is 0.344 e. The highest BCUT2D eigenvalue weighted by molar-refractivity contribution is 5.97. The third-order valence-electron chi connectivity index (χ3n) is 4.96. The van der Waals surface area contributed by atoms with Crippen molar-refractivity contribution in [3.8, 4) is 0 Å². The second kappa shape index (κ2) is 6.34. The number of nitro benzene ring substituents is 1. The van der Waals surface area contributed by atoms with E-state index in [1.165, 1.54) is 25.3 Å². The lowest BCUT2D eigenvalue weighted by atomic mass is 9.73. The lowest BCUT2D eigenvalue weighted by Crippen LogP contribution is -2.51. The van der Waals surface area contributed by atoms with Crippen molar-refractivity contribution in [3.05, 3.63) is 51.2 Å². The van der Waals surface area contributed by atoms with Gasteiger partial charge in [0.25, 0.3) is 5.69 Å². The number of carbonyl (C=O) groups is 2. The maximum Gasteiger partial charge on any atom is 0.344 e. The van der Waals surface area contributed by atoms with Crippen LogP contribution < -0.4 is 5.32 Å². The Morgan fingerprint density at radius 1 is 1.41 bits per heavy atom. The number of carbonyl (C=O) groups excluding carboxylic acids is 2. The van der Waals surface area contributed by atoms with Crippen LogP contribution in [0, 0.1) is 10.1 Å². The molecule has 0 saturated carbocycles. The first-order valence-corrected chi connectivity index (χ1v) is 8.40. The summed E-state index contributed by atoms with van der Waals surface area (Å²) in [6.45, 7) is 5.12. The predicted octanol–water partition coefficient (Wildman–Crippen LogP) is 1.78. The molecule has 1 N–H and O–H groups in total. The molecule has 0 spiro atoms. The van der Waals surface area contributed by atoms with Crippen molar-refractivity contribution in [3.63, 3.8) is 0 Å². The first-order chi connectivity index (χ1) is 12.7. The van der Waals surface area contributed by atoms with Gasteiger partial charge in [-0.05, 0) is 26.3 Å². The van der Waals surface area contributed by atoms with Crippen LogP contribution >= 0.6 is 0 Å². The highest BCUT2D eigenvalue weighted by atomic mass is 16.7. The summed E-state index contributed by atoms with van der Waals surface area (Å²) in [6.07, 6.45) is 0. The molecule has 2 aliphatic heterocycles. The molecule has 3 atom stereocenters. The Balaban J connectivity index is 2.23. The fraction of sp³-hybridized carbons (Fsp3) is 0.444. The van der Waals surface area contributed by atoms with Gasteiger partial charge in [-0.15, -0.1) is 0 Å². The molecular formula is C18H20N2O7. The van der Waals surface area contributed by atoms with Gasteiger partial charge in [-0.3, -0.25) is 10.1 Å². The Morgan fingerprint density at radius 3 is 2.70 bits per heavy atom. The van der Waals surface area contributed by atoms with Crippen LogP contribution in [0.4, 0.5) is 5.69 Å². The first kappa shape index (κ1) is 18.8. The van der Waals surface area contributed by atoms with Gasteiger partial charge in [-0.2, -0.15) is 0 Å². The van der Waals surface area contributed by atoms with Crippen LogP contribution in [0.5, 0.6) is 0 Å². The van der Waals surface area contributed by atoms with Gasteiger partial charge in [-0.25, -0.2) is 9.59 Å². The second-order valence-corrected chi connectivity index (χ2v) is 6.53. The summed E-state index contributed by atoms with van der Waals surface area (Å²) in [5.74, 6) is -2.22. The molecule has 9 nitrogen and oxygen atoms in total. The maximum atomic E-state index is 12.8. The van der Waals surface area contributed by atoms with Crippen LogP contribution in [-0.4, -0.2) is 41.9 Å². The molecule has 2 aliphatic rings. The number of epoxide rings is 1. The summed E-state index contributed by atoms with van der Waals surface area (Å²) in [5.41, 5.74) is -1.76. The van der Waals surface area contributed by atoms with Gasteiger partial charge in [0.05, 0.1) is 30.1 Å². The molecule has 0 radical (unpaired) electrons. The van der Waals surface area contributed by atoms with E-state index < -0.39 is 34.1 Å². The average Bonchev–Trinajstić information content (AvgIpc) is 3.26. The number of benzene rings is 1.